The largest absolute Gasteiger partial charge is 0.463 e. The minimum atomic E-state index is -0.493. The summed E-state index contributed by atoms with van der Waals surface area (Å²) in [5, 5.41) is 5.38. The Hall–Kier alpha value is -3.93. The molecule has 2 heterocycles. The first-order valence-corrected chi connectivity index (χ1v) is 9.19. The lowest BCUT2D eigenvalue weighted by molar-refractivity contribution is -0.137. The van der Waals surface area contributed by atoms with Crippen molar-refractivity contribution in [2.45, 2.75) is 6.92 Å². The number of hydrogen-bond acceptors (Lipinski definition) is 5. The molecule has 0 spiro atoms. The van der Waals surface area contributed by atoms with Gasteiger partial charge in [0.2, 0.25) is 0 Å². The van der Waals surface area contributed by atoms with Gasteiger partial charge in [-0.15, -0.1) is 0 Å². The molecule has 0 bridgehead atoms. The van der Waals surface area contributed by atoms with Crippen molar-refractivity contribution in [3.8, 4) is 16.9 Å². The van der Waals surface area contributed by atoms with Crippen LogP contribution in [-0.4, -0.2) is 22.4 Å². The topological polar surface area (TPSA) is 74.3 Å². The highest BCUT2D eigenvalue weighted by Gasteiger charge is 2.16. The number of hydrogen-bond donors (Lipinski definition) is 0. The van der Waals surface area contributed by atoms with Crippen molar-refractivity contribution < 1.29 is 13.9 Å². The maximum atomic E-state index is 12.6. The minimum absolute atomic E-state index is 0.285. The Labute approximate surface area is 166 Å². The predicted molar refractivity (Wildman–Crippen MR) is 111 cm³/mol. The third-order valence-electron chi connectivity index (χ3n) is 4.35. The molecule has 29 heavy (non-hydrogen) atoms. The fourth-order valence-electron chi connectivity index (χ4n) is 3.01. The van der Waals surface area contributed by atoms with Crippen LogP contribution in [-0.2, 0) is 9.53 Å². The van der Waals surface area contributed by atoms with E-state index in [2.05, 4.69) is 5.10 Å². The quantitative estimate of drug-likeness (QED) is 0.292. The molecule has 0 aliphatic carbocycles. The number of ether oxygens (including phenoxy) is 1. The summed E-state index contributed by atoms with van der Waals surface area (Å²) in [4.78, 5) is 24.4. The Morgan fingerprint density at radius 1 is 1.14 bits per heavy atom. The highest BCUT2D eigenvalue weighted by atomic mass is 16.5. The van der Waals surface area contributed by atoms with E-state index in [-0.39, 0.29) is 6.61 Å². The zero-order chi connectivity index (χ0) is 20.2. The number of benzene rings is 2. The Morgan fingerprint density at radius 3 is 2.69 bits per heavy atom. The van der Waals surface area contributed by atoms with Crippen molar-refractivity contribution in [3.63, 3.8) is 0 Å². The van der Waals surface area contributed by atoms with Crippen LogP contribution in [0.5, 0.6) is 0 Å². The van der Waals surface area contributed by atoms with Crippen molar-refractivity contribution in [1.29, 1.82) is 0 Å². The normalized spacial score (nSPS) is 11.2. The van der Waals surface area contributed by atoms with Crippen LogP contribution in [0, 0.1) is 0 Å². The van der Waals surface area contributed by atoms with Crippen LogP contribution in [0.3, 0.4) is 0 Å². The van der Waals surface area contributed by atoms with Crippen LogP contribution in [0.2, 0.25) is 0 Å². The molecule has 0 saturated carbocycles. The monoisotopic (exact) mass is 386 g/mol. The van der Waals surface area contributed by atoms with E-state index in [1.807, 2.05) is 48.5 Å². The standard InChI is InChI=1S/C23H18N2O4/c1-2-28-21(26)13-12-17-15-25(18-9-4-3-5-10-18)24-22(17)19-14-16-8-6-7-11-20(16)29-23(19)27/h3-15H,2H2,1H3/b13-12+. The predicted octanol–water partition coefficient (Wildman–Crippen LogP) is 4.22. The zero-order valence-corrected chi connectivity index (χ0v) is 15.7. The number of fused-ring (bicyclic) bond motifs is 1. The van der Waals surface area contributed by atoms with Gasteiger partial charge < -0.3 is 9.15 Å². The molecule has 4 rings (SSSR count). The van der Waals surface area contributed by atoms with Crippen LogP contribution in [0.4, 0.5) is 0 Å². The molecule has 0 aliphatic rings. The number of aromatic nitrogens is 2. The van der Waals surface area contributed by atoms with Gasteiger partial charge in [-0.05, 0) is 37.3 Å². The Balaban J connectivity index is 1.87. The molecule has 0 radical (unpaired) electrons. The lowest BCUT2D eigenvalue weighted by Gasteiger charge is -2.01. The van der Waals surface area contributed by atoms with Crippen LogP contribution in [0.15, 0.2) is 82.1 Å². The first-order valence-electron chi connectivity index (χ1n) is 9.19. The summed E-state index contributed by atoms with van der Waals surface area (Å²) >= 11 is 0. The maximum absolute atomic E-state index is 12.6. The van der Waals surface area contributed by atoms with Crippen LogP contribution in [0.1, 0.15) is 12.5 Å². The van der Waals surface area contributed by atoms with Gasteiger partial charge in [0.15, 0.2) is 0 Å². The number of esters is 1. The van der Waals surface area contributed by atoms with E-state index >= 15 is 0 Å². The third-order valence-corrected chi connectivity index (χ3v) is 4.35. The van der Waals surface area contributed by atoms with E-state index in [1.165, 1.54) is 6.08 Å². The Morgan fingerprint density at radius 2 is 1.90 bits per heavy atom. The first kappa shape index (κ1) is 18.4. The van der Waals surface area contributed by atoms with Crippen LogP contribution in [0.25, 0.3) is 34.0 Å². The number of rotatable bonds is 5. The number of carbonyl (C=O) groups is 1. The molecule has 0 unspecified atom stereocenters. The lowest BCUT2D eigenvalue weighted by atomic mass is 10.1. The van der Waals surface area contributed by atoms with Crippen molar-refractivity contribution in [3.05, 3.63) is 88.9 Å². The highest BCUT2D eigenvalue weighted by Crippen LogP contribution is 2.25. The molecule has 6 heteroatoms. The second-order valence-electron chi connectivity index (χ2n) is 6.28. The molecule has 0 aliphatic heterocycles. The fourth-order valence-corrected chi connectivity index (χ4v) is 3.01. The molecule has 0 atom stereocenters. The smallest absolute Gasteiger partial charge is 0.345 e. The third kappa shape index (κ3) is 3.87. The number of carbonyl (C=O) groups excluding carboxylic acids is 1. The SMILES string of the molecule is CCOC(=O)/C=C/c1cn(-c2ccccc2)nc1-c1cc2ccccc2oc1=O. The van der Waals surface area contributed by atoms with Gasteiger partial charge >= 0.3 is 11.6 Å². The summed E-state index contributed by atoms with van der Waals surface area (Å²) in [6.45, 7) is 2.03. The molecule has 0 fully saturated rings. The van der Waals surface area contributed by atoms with Gasteiger partial charge in [-0.3, -0.25) is 0 Å². The number of nitrogens with zero attached hydrogens (tertiary/aromatic N) is 2. The van der Waals surface area contributed by atoms with Gasteiger partial charge in [-0.2, -0.15) is 5.10 Å². The molecule has 0 saturated heterocycles. The second-order valence-corrected chi connectivity index (χ2v) is 6.28. The van der Waals surface area contributed by atoms with Gasteiger partial charge in [-0.1, -0.05) is 36.4 Å². The van der Waals surface area contributed by atoms with E-state index in [9.17, 15) is 9.59 Å². The van der Waals surface area contributed by atoms with E-state index in [1.54, 1.807) is 36.0 Å². The van der Waals surface area contributed by atoms with Gasteiger partial charge in [-0.25, -0.2) is 14.3 Å². The summed E-state index contributed by atoms with van der Waals surface area (Å²) in [6.07, 6.45) is 4.67. The molecule has 6 nitrogen and oxygen atoms in total. The van der Waals surface area contributed by atoms with Crippen LogP contribution < -0.4 is 5.63 Å². The summed E-state index contributed by atoms with van der Waals surface area (Å²) < 4.78 is 12.1. The van der Waals surface area contributed by atoms with Gasteiger partial charge in [0.25, 0.3) is 0 Å². The van der Waals surface area contributed by atoms with Crippen molar-refractivity contribution >= 4 is 23.0 Å². The van der Waals surface area contributed by atoms with E-state index < -0.39 is 11.6 Å². The highest BCUT2D eigenvalue weighted by molar-refractivity contribution is 5.89. The van der Waals surface area contributed by atoms with E-state index in [4.69, 9.17) is 9.15 Å². The maximum Gasteiger partial charge on any atom is 0.345 e. The molecule has 144 valence electrons. The zero-order valence-electron chi connectivity index (χ0n) is 15.7. The molecule has 0 amide bonds. The molecule has 0 N–H and O–H groups in total. The van der Waals surface area contributed by atoms with Crippen molar-refractivity contribution in [1.82, 2.24) is 9.78 Å². The Bertz CT molecular complexity index is 1250. The summed E-state index contributed by atoms with van der Waals surface area (Å²) in [7, 11) is 0. The number of para-hydroxylation sites is 2. The lowest BCUT2D eigenvalue weighted by Crippen LogP contribution is -2.04. The van der Waals surface area contributed by atoms with E-state index in [0.29, 0.717) is 22.4 Å². The molecule has 2 aromatic carbocycles. The summed E-state index contributed by atoms with van der Waals surface area (Å²) in [5.74, 6) is -0.462. The molecular weight excluding hydrogens is 368 g/mol. The summed E-state index contributed by atoms with van der Waals surface area (Å²) in [5.41, 5.74) is 2.19. The molecule has 2 aromatic heterocycles. The summed E-state index contributed by atoms with van der Waals surface area (Å²) in [6, 6.07) is 18.5. The average molecular weight is 386 g/mol. The minimum Gasteiger partial charge on any atom is -0.463 e. The van der Waals surface area contributed by atoms with Crippen LogP contribution >= 0.6 is 0 Å². The average Bonchev–Trinajstić information content (AvgIpc) is 3.16. The molecular formula is C23H18N2O4. The van der Waals surface area contributed by atoms with E-state index in [0.717, 1.165) is 11.1 Å². The first-order chi connectivity index (χ1) is 14.2. The second kappa shape index (κ2) is 7.98. The van der Waals surface area contributed by atoms with Crippen molar-refractivity contribution in [2.75, 3.05) is 6.61 Å². The van der Waals surface area contributed by atoms with Gasteiger partial charge in [0.1, 0.15) is 11.3 Å². The fraction of sp³-hybridized carbons (Fsp3) is 0.0870. The molecule has 4 aromatic rings. The Kier molecular flexibility index (Phi) is 5.07. The van der Waals surface area contributed by atoms with Crippen molar-refractivity contribution in [2.24, 2.45) is 0 Å². The van der Waals surface area contributed by atoms with Gasteiger partial charge in [0.05, 0.1) is 17.9 Å². The van der Waals surface area contributed by atoms with Gasteiger partial charge in [0, 0.05) is 23.2 Å².